The molecule has 0 aliphatic heterocycles. The summed E-state index contributed by atoms with van der Waals surface area (Å²) in [6.45, 7) is 4.63. The topological polar surface area (TPSA) is 110 Å². The first kappa shape index (κ1) is 24.0. The van der Waals surface area contributed by atoms with Crippen molar-refractivity contribution in [2.45, 2.75) is 23.6 Å². The van der Waals surface area contributed by atoms with Gasteiger partial charge < -0.3 is 9.64 Å². The van der Waals surface area contributed by atoms with Gasteiger partial charge in [0.25, 0.3) is 15.9 Å². The van der Waals surface area contributed by atoms with Crippen LogP contribution in [0.15, 0.2) is 52.3 Å². The number of carbonyl (C=O) groups is 1. The minimum absolute atomic E-state index is 0.0962. The minimum atomic E-state index is -4.19. The number of carbonyl (C=O) groups excluding carboxylic acids is 1. The van der Waals surface area contributed by atoms with Gasteiger partial charge in [0, 0.05) is 19.3 Å². The van der Waals surface area contributed by atoms with Gasteiger partial charge in [-0.2, -0.15) is 0 Å². The zero-order valence-corrected chi connectivity index (χ0v) is 19.1. The van der Waals surface area contributed by atoms with Crippen LogP contribution in [0, 0.1) is 0 Å². The Bertz CT molecular complexity index is 1130. The Balaban J connectivity index is 2.21. The normalized spacial score (nSPS) is 11.7. The molecule has 0 heterocycles. The van der Waals surface area contributed by atoms with E-state index in [1.54, 1.807) is 4.90 Å². The van der Waals surface area contributed by atoms with Crippen LogP contribution in [0.2, 0.25) is 5.02 Å². The zero-order valence-electron chi connectivity index (χ0n) is 16.8. The number of hydrogen-bond acceptors (Lipinski definition) is 6. The van der Waals surface area contributed by atoms with Crippen molar-refractivity contribution in [3.8, 4) is 5.75 Å². The Morgan fingerprint density at radius 3 is 2.17 bits per heavy atom. The molecule has 8 nitrogen and oxygen atoms in total. The number of sulfone groups is 1. The van der Waals surface area contributed by atoms with Crippen LogP contribution in [0.5, 0.6) is 5.75 Å². The summed E-state index contributed by atoms with van der Waals surface area (Å²) in [4.78, 5) is 13.0. The second-order valence-electron chi connectivity index (χ2n) is 6.32. The first-order valence-electron chi connectivity index (χ1n) is 9.01. The summed E-state index contributed by atoms with van der Waals surface area (Å²) in [5.74, 6) is 0.0230. The fourth-order valence-corrected chi connectivity index (χ4v) is 5.59. The van der Waals surface area contributed by atoms with E-state index in [0.29, 0.717) is 13.1 Å². The number of ether oxygens (including phenoxy) is 1. The van der Waals surface area contributed by atoms with Crippen molar-refractivity contribution < 1.29 is 26.4 Å². The summed E-state index contributed by atoms with van der Waals surface area (Å²) in [5, 5.41) is 0.0962. The lowest BCUT2D eigenvalue weighted by molar-refractivity contribution is -0.132. The first-order chi connectivity index (χ1) is 14.0. The van der Waals surface area contributed by atoms with Crippen molar-refractivity contribution in [2.75, 3.05) is 30.7 Å². The summed E-state index contributed by atoms with van der Waals surface area (Å²) >= 11 is 6.16. The lowest BCUT2D eigenvalue weighted by Crippen LogP contribution is -2.34. The van der Waals surface area contributed by atoms with Gasteiger partial charge in [0.2, 0.25) is 0 Å². The second kappa shape index (κ2) is 9.67. The number of halogens is 1. The molecule has 0 saturated carbocycles. The molecule has 0 aromatic heterocycles. The lowest BCUT2D eigenvalue weighted by Gasteiger charge is -2.19. The minimum Gasteiger partial charge on any atom is -0.482 e. The molecule has 11 heteroatoms. The van der Waals surface area contributed by atoms with Crippen LogP contribution in [-0.4, -0.2) is 53.6 Å². The molecular formula is C19H23ClN2O6S2. The molecule has 0 fully saturated rings. The quantitative estimate of drug-likeness (QED) is 0.598. The van der Waals surface area contributed by atoms with Gasteiger partial charge in [0.15, 0.2) is 16.4 Å². The van der Waals surface area contributed by atoms with Gasteiger partial charge in [-0.25, -0.2) is 16.8 Å². The summed E-state index contributed by atoms with van der Waals surface area (Å²) in [5.41, 5.74) is 0.116. The number of nitrogens with one attached hydrogen (secondary N) is 1. The Labute approximate surface area is 181 Å². The molecule has 0 radical (unpaired) electrons. The first-order valence-corrected chi connectivity index (χ1v) is 12.8. The third-order valence-electron chi connectivity index (χ3n) is 4.19. The van der Waals surface area contributed by atoms with Crippen molar-refractivity contribution in [1.82, 2.24) is 4.90 Å². The van der Waals surface area contributed by atoms with E-state index < -0.39 is 19.9 Å². The van der Waals surface area contributed by atoms with Crippen molar-refractivity contribution in [3.63, 3.8) is 0 Å². The van der Waals surface area contributed by atoms with E-state index >= 15 is 0 Å². The molecule has 30 heavy (non-hydrogen) atoms. The number of anilines is 1. The maximum absolute atomic E-state index is 12.7. The van der Waals surface area contributed by atoms with Gasteiger partial charge in [0.1, 0.15) is 10.6 Å². The van der Waals surface area contributed by atoms with E-state index in [9.17, 15) is 21.6 Å². The van der Waals surface area contributed by atoms with Crippen LogP contribution in [0.4, 0.5) is 5.69 Å². The van der Waals surface area contributed by atoms with Crippen molar-refractivity contribution in [2.24, 2.45) is 0 Å². The van der Waals surface area contributed by atoms with Crippen LogP contribution in [0.1, 0.15) is 13.8 Å². The third kappa shape index (κ3) is 5.87. The number of sulfonamides is 1. The van der Waals surface area contributed by atoms with Crippen LogP contribution in [-0.2, 0) is 24.7 Å². The molecule has 0 unspecified atom stereocenters. The molecule has 1 amide bonds. The van der Waals surface area contributed by atoms with Crippen LogP contribution < -0.4 is 9.46 Å². The van der Waals surface area contributed by atoms with Crippen LogP contribution >= 0.6 is 11.6 Å². The SMILES string of the molecule is CCN(CC)C(=O)COc1ccc(NS(=O)(=O)c2ccccc2S(C)(=O)=O)cc1Cl. The average Bonchev–Trinajstić information content (AvgIpc) is 2.67. The van der Waals surface area contributed by atoms with Gasteiger partial charge in [-0.05, 0) is 44.2 Å². The molecule has 2 aromatic rings. The summed E-state index contributed by atoms with van der Waals surface area (Å²) < 4.78 is 57.0. The maximum Gasteiger partial charge on any atom is 0.263 e. The number of nitrogens with zero attached hydrogens (tertiary/aromatic N) is 1. The molecule has 0 spiro atoms. The molecule has 0 aliphatic carbocycles. The highest BCUT2D eigenvalue weighted by atomic mass is 35.5. The number of benzene rings is 2. The number of likely N-dealkylation sites (N-methyl/N-ethyl adjacent to an activating group) is 1. The molecule has 164 valence electrons. The van der Waals surface area contributed by atoms with Crippen molar-refractivity contribution >= 4 is 43.1 Å². The van der Waals surface area contributed by atoms with Crippen molar-refractivity contribution in [3.05, 3.63) is 47.5 Å². The fraction of sp³-hybridized carbons (Fsp3) is 0.316. The zero-order chi connectivity index (χ0) is 22.5. The highest BCUT2D eigenvalue weighted by molar-refractivity contribution is 7.95. The predicted molar refractivity (Wildman–Crippen MR) is 115 cm³/mol. The lowest BCUT2D eigenvalue weighted by atomic mass is 10.3. The van der Waals surface area contributed by atoms with Crippen LogP contribution in [0.25, 0.3) is 0 Å². The molecule has 0 bridgehead atoms. The molecule has 2 aromatic carbocycles. The Hall–Kier alpha value is -2.30. The van der Waals surface area contributed by atoms with Gasteiger partial charge in [-0.3, -0.25) is 9.52 Å². The smallest absolute Gasteiger partial charge is 0.263 e. The van der Waals surface area contributed by atoms with E-state index in [1.807, 2.05) is 13.8 Å². The average molecular weight is 475 g/mol. The predicted octanol–water partition coefficient (Wildman–Crippen LogP) is 2.79. The highest BCUT2D eigenvalue weighted by Gasteiger charge is 2.24. The molecule has 2 rings (SSSR count). The van der Waals surface area contributed by atoms with Gasteiger partial charge >= 0.3 is 0 Å². The summed E-state index contributed by atoms with van der Waals surface area (Å²) in [6, 6.07) is 9.45. The van der Waals surface area contributed by atoms with E-state index in [1.165, 1.54) is 42.5 Å². The number of hydrogen-bond donors (Lipinski definition) is 1. The van der Waals surface area contributed by atoms with Gasteiger partial charge in [0.05, 0.1) is 15.6 Å². The van der Waals surface area contributed by atoms with Crippen molar-refractivity contribution in [1.29, 1.82) is 0 Å². The number of rotatable bonds is 9. The molecule has 0 atom stereocenters. The number of amides is 1. The van der Waals surface area contributed by atoms with Crippen LogP contribution in [0.3, 0.4) is 0 Å². The third-order valence-corrected chi connectivity index (χ3v) is 7.21. The Morgan fingerprint density at radius 1 is 1.03 bits per heavy atom. The largest absolute Gasteiger partial charge is 0.482 e. The summed E-state index contributed by atoms with van der Waals surface area (Å²) in [6.07, 6.45) is 0.934. The molecular weight excluding hydrogens is 452 g/mol. The maximum atomic E-state index is 12.7. The Kier molecular flexibility index (Phi) is 7.73. The second-order valence-corrected chi connectivity index (χ2v) is 10.4. The van der Waals surface area contributed by atoms with E-state index in [4.69, 9.17) is 16.3 Å². The monoisotopic (exact) mass is 474 g/mol. The molecule has 0 saturated heterocycles. The van der Waals surface area contributed by atoms with E-state index in [2.05, 4.69) is 4.72 Å². The Morgan fingerprint density at radius 2 is 1.63 bits per heavy atom. The highest BCUT2D eigenvalue weighted by Crippen LogP contribution is 2.30. The van der Waals surface area contributed by atoms with E-state index in [0.717, 1.165) is 6.26 Å². The van der Waals surface area contributed by atoms with E-state index in [-0.39, 0.29) is 38.8 Å². The van der Waals surface area contributed by atoms with Gasteiger partial charge in [-0.1, -0.05) is 23.7 Å². The fourth-order valence-electron chi connectivity index (χ4n) is 2.68. The molecule has 0 aliphatic rings. The summed E-state index contributed by atoms with van der Waals surface area (Å²) in [7, 11) is -7.94. The standard InChI is InChI=1S/C19H23ClN2O6S2/c1-4-22(5-2)19(23)13-28-16-11-10-14(12-15(16)20)21-30(26,27)18-9-7-6-8-17(18)29(3,24)25/h6-12,21H,4-5,13H2,1-3H3. The molecule has 1 N–H and O–H groups in total. The van der Waals surface area contributed by atoms with Gasteiger partial charge in [-0.15, -0.1) is 0 Å².